The van der Waals surface area contributed by atoms with Gasteiger partial charge in [0.1, 0.15) is 6.04 Å². The van der Waals surface area contributed by atoms with Crippen molar-refractivity contribution in [3.8, 4) is 0 Å². The lowest BCUT2D eigenvalue weighted by Crippen LogP contribution is -2.39. The van der Waals surface area contributed by atoms with Crippen LogP contribution in [0.4, 0.5) is 0 Å². The van der Waals surface area contributed by atoms with Crippen LogP contribution in [0.2, 0.25) is 0 Å². The second-order valence-corrected chi connectivity index (χ2v) is 2.59. The van der Waals surface area contributed by atoms with E-state index in [1.807, 2.05) is 0 Å². The van der Waals surface area contributed by atoms with E-state index in [0.29, 0.717) is 0 Å². The Morgan fingerprint density at radius 2 is 1.64 bits per heavy atom. The minimum absolute atomic E-state index is 0.0699. The molecule has 0 spiro atoms. The van der Waals surface area contributed by atoms with Crippen LogP contribution in [0.25, 0.3) is 0 Å². The van der Waals surface area contributed by atoms with Crippen LogP contribution < -0.4 is 5.32 Å². The zero-order chi connectivity index (χ0) is 11.1. The maximum Gasteiger partial charge on any atom is 0.321 e. The molecule has 7 heteroatoms. The van der Waals surface area contributed by atoms with E-state index in [9.17, 15) is 14.4 Å². The molecule has 0 saturated heterocycles. The highest BCUT2D eigenvalue weighted by molar-refractivity contribution is 5.80. The normalized spacial score (nSPS) is 12.0. The van der Waals surface area contributed by atoms with Gasteiger partial charge >= 0.3 is 17.9 Å². The summed E-state index contributed by atoms with van der Waals surface area (Å²) in [7, 11) is 0. The number of aliphatic carboxylic acids is 3. The number of nitrogens with one attached hydrogen (secondary N) is 1. The van der Waals surface area contributed by atoms with Gasteiger partial charge in [0.25, 0.3) is 0 Å². The molecule has 0 radical (unpaired) electrons. The highest BCUT2D eigenvalue weighted by atomic mass is 16.4. The average molecular weight is 205 g/mol. The highest BCUT2D eigenvalue weighted by Gasteiger charge is 2.19. The number of carboxylic acids is 3. The Morgan fingerprint density at radius 1 is 1.07 bits per heavy atom. The third-order valence-corrected chi connectivity index (χ3v) is 1.41. The second kappa shape index (κ2) is 5.92. The number of hydrogen-bond donors (Lipinski definition) is 4. The SMILES string of the molecule is O=C(O)CCN[C@H](CC(=O)O)C(=O)O. The molecule has 0 aliphatic carbocycles. The van der Waals surface area contributed by atoms with E-state index in [-0.39, 0.29) is 13.0 Å². The number of carbonyl (C=O) groups is 3. The Morgan fingerprint density at radius 3 is 2.00 bits per heavy atom. The Balaban J connectivity index is 3.91. The van der Waals surface area contributed by atoms with Crippen LogP contribution in [0.5, 0.6) is 0 Å². The zero-order valence-corrected chi connectivity index (χ0v) is 7.27. The molecule has 0 heterocycles. The lowest BCUT2D eigenvalue weighted by molar-refractivity contribution is -0.146. The minimum Gasteiger partial charge on any atom is -0.481 e. The third kappa shape index (κ3) is 5.95. The fourth-order valence-electron chi connectivity index (χ4n) is 0.775. The lowest BCUT2D eigenvalue weighted by Gasteiger charge is -2.10. The summed E-state index contributed by atoms with van der Waals surface area (Å²) in [6, 6.07) is -1.24. The quantitative estimate of drug-likeness (QED) is 0.419. The van der Waals surface area contributed by atoms with Crippen LogP contribution in [-0.2, 0) is 14.4 Å². The van der Waals surface area contributed by atoms with Crippen LogP contribution >= 0.6 is 0 Å². The van der Waals surface area contributed by atoms with Gasteiger partial charge in [0, 0.05) is 6.54 Å². The van der Waals surface area contributed by atoms with E-state index in [0.717, 1.165) is 0 Å². The molecule has 0 aromatic rings. The fourth-order valence-corrected chi connectivity index (χ4v) is 0.775. The van der Waals surface area contributed by atoms with E-state index in [2.05, 4.69) is 5.32 Å². The number of hydrogen-bond acceptors (Lipinski definition) is 4. The molecule has 0 aromatic heterocycles. The van der Waals surface area contributed by atoms with E-state index in [1.54, 1.807) is 0 Å². The molecule has 80 valence electrons. The average Bonchev–Trinajstić information content (AvgIpc) is 2.00. The molecule has 0 bridgehead atoms. The predicted molar refractivity (Wildman–Crippen MR) is 43.9 cm³/mol. The highest BCUT2D eigenvalue weighted by Crippen LogP contribution is 1.92. The Bertz CT molecular complexity index is 238. The molecule has 0 fully saturated rings. The zero-order valence-electron chi connectivity index (χ0n) is 7.27. The topological polar surface area (TPSA) is 124 Å². The second-order valence-electron chi connectivity index (χ2n) is 2.59. The summed E-state index contributed by atoms with van der Waals surface area (Å²) in [5.74, 6) is -3.63. The first-order valence-electron chi connectivity index (χ1n) is 3.83. The minimum atomic E-state index is -1.31. The van der Waals surface area contributed by atoms with Crippen molar-refractivity contribution in [2.75, 3.05) is 6.54 Å². The molecule has 0 aliphatic heterocycles. The van der Waals surface area contributed by atoms with Gasteiger partial charge in [-0.05, 0) is 0 Å². The molecule has 14 heavy (non-hydrogen) atoms. The molecule has 4 N–H and O–H groups in total. The van der Waals surface area contributed by atoms with E-state index in [4.69, 9.17) is 15.3 Å². The van der Waals surface area contributed by atoms with E-state index in [1.165, 1.54) is 0 Å². The van der Waals surface area contributed by atoms with Crippen LogP contribution in [0.3, 0.4) is 0 Å². The monoisotopic (exact) mass is 205 g/mol. The van der Waals surface area contributed by atoms with Crippen molar-refractivity contribution in [2.24, 2.45) is 0 Å². The number of carboxylic acid groups (broad SMARTS) is 3. The molecule has 7 nitrogen and oxygen atoms in total. The first-order valence-corrected chi connectivity index (χ1v) is 3.83. The van der Waals surface area contributed by atoms with Gasteiger partial charge in [-0.15, -0.1) is 0 Å². The van der Waals surface area contributed by atoms with E-state index >= 15 is 0 Å². The summed E-state index contributed by atoms with van der Waals surface area (Å²) in [5.41, 5.74) is 0. The molecule has 0 unspecified atom stereocenters. The van der Waals surface area contributed by atoms with Crippen molar-refractivity contribution in [1.29, 1.82) is 0 Å². The van der Waals surface area contributed by atoms with Crippen molar-refractivity contribution in [2.45, 2.75) is 18.9 Å². The molecule has 0 saturated carbocycles. The van der Waals surface area contributed by atoms with Gasteiger partial charge in [0.05, 0.1) is 12.8 Å². The Kier molecular flexibility index (Phi) is 5.23. The van der Waals surface area contributed by atoms with Crippen LogP contribution in [0.15, 0.2) is 0 Å². The van der Waals surface area contributed by atoms with Gasteiger partial charge < -0.3 is 20.6 Å². The largest absolute Gasteiger partial charge is 0.481 e. The molecule has 0 amide bonds. The maximum atomic E-state index is 10.4. The van der Waals surface area contributed by atoms with Crippen molar-refractivity contribution in [1.82, 2.24) is 5.32 Å². The van der Waals surface area contributed by atoms with Gasteiger partial charge in [-0.2, -0.15) is 0 Å². The Hall–Kier alpha value is -1.63. The molecular weight excluding hydrogens is 194 g/mol. The summed E-state index contributed by atoms with van der Waals surface area (Å²) in [4.78, 5) is 30.7. The number of rotatable bonds is 7. The summed E-state index contributed by atoms with van der Waals surface area (Å²) in [5, 5.41) is 27.4. The van der Waals surface area contributed by atoms with Gasteiger partial charge in [0.15, 0.2) is 0 Å². The summed E-state index contributed by atoms with van der Waals surface area (Å²) in [6.45, 7) is -0.0699. The first kappa shape index (κ1) is 12.4. The summed E-state index contributed by atoms with van der Waals surface area (Å²) < 4.78 is 0. The summed E-state index contributed by atoms with van der Waals surface area (Å²) in [6.07, 6.45) is -0.821. The third-order valence-electron chi connectivity index (χ3n) is 1.41. The molecular formula is C7H11NO6. The standard InChI is InChI=1S/C7H11NO6/c9-5(10)1-2-8-4(7(13)14)3-6(11)12/h4,8H,1-3H2,(H,9,10)(H,11,12)(H,13,14)/t4-/m1/s1. The lowest BCUT2D eigenvalue weighted by atomic mass is 10.2. The van der Waals surface area contributed by atoms with Crippen molar-refractivity contribution in [3.05, 3.63) is 0 Å². The van der Waals surface area contributed by atoms with Crippen molar-refractivity contribution < 1.29 is 29.7 Å². The molecule has 0 aliphatic rings. The maximum absolute atomic E-state index is 10.4. The fraction of sp³-hybridized carbons (Fsp3) is 0.571. The van der Waals surface area contributed by atoms with Crippen LogP contribution in [0, 0.1) is 0 Å². The predicted octanol–water partition coefficient (Wildman–Crippen LogP) is -1.02. The van der Waals surface area contributed by atoms with Gasteiger partial charge in [-0.25, -0.2) is 0 Å². The molecule has 0 aromatic carbocycles. The molecule has 1 atom stereocenters. The van der Waals surface area contributed by atoms with E-state index < -0.39 is 30.4 Å². The van der Waals surface area contributed by atoms with Crippen molar-refractivity contribution >= 4 is 17.9 Å². The summed E-state index contributed by atoms with van der Waals surface area (Å²) >= 11 is 0. The van der Waals surface area contributed by atoms with Crippen LogP contribution in [0.1, 0.15) is 12.8 Å². The smallest absolute Gasteiger partial charge is 0.321 e. The van der Waals surface area contributed by atoms with Gasteiger partial charge in [-0.3, -0.25) is 14.4 Å². The van der Waals surface area contributed by atoms with Crippen molar-refractivity contribution in [3.63, 3.8) is 0 Å². The van der Waals surface area contributed by atoms with Gasteiger partial charge in [-0.1, -0.05) is 0 Å². The van der Waals surface area contributed by atoms with Crippen LogP contribution in [-0.4, -0.2) is 45.8 Å². The molecule has 0 rings (SSSR count). The van der Waals surface area contributed by atoms with Gasteiger partial charge in [0.2, 0.25) is 0 Å². The Labute approximate surface area is 79.3 Å². The first-order chi connectivity index (χ1) is 6.43.